The fourth-order valence-corrected chi connectivity index (χ4v) is 3.35. The Morgan fingerprint density at radius 3 is 2.21 bits per heavy atom. The van der Waals surface area contributed by atoms with Crippen LogP contribution in [0.25, 0.3) is 16.9 Å². The summed E-state index contributed by atoms with van der Waals surface area (Å²) in [5, 5.41) is 7.77. The van der Waals surface area contributed by atoms with Gasteiger partial charge in [0.2, 0.25) is 0 Å². The first-order valence-electron chi connectivity index (χ1n) is 9.62. The second-order valence-corrected chi connectivity index (χ2v) is 7.30. The largest absolute Gasteiger partial charge is 0.321 e. The van der Waals surface area contributed by atoms with Crippen LogP contribution in [-0.4, -0.2) is 15.7 Å². The van der Waals surface area contributed by atoms with E-state index in [4.69, 9.17) is 5.10 Å². The molecule has 29 heavy (non-hydrogen) atoms. The molecule has 4 heteroatoms. The number of rotatable bonds is 4. The third kappa shape index (κ3) is 3.97. The molecule has 0 aliphatic heterocycles. The molecule has 0 bridgehead atoms. The van der Waals surface area contributed by atoms with E-state index in [-0.39, 0.29) is 5.91 Å². The maximum atomic E-state index is 13.1. The van der Waals surface area contributed by atoms with Crippen molar-refractivity contribution in [3.63, 3.8) is 0 Å². The van der Waals surface area contributed by atoms with Gasteiger partial charge < -0.3 is 5.32 Å². The van der Waals surface area contributed by atoms with Crippen LogP contribution >= 0.6 is 0 Å². The molecule has 4 aromatic rings. The van der Waals surface area contributed by atoms with Crippen molar-refractivity contribution in [1.29, 1.82) is 0 Å². The lowest BCUT2D eigenvalue weighted by atomic mass is 10.1. The van der Waals surface area contributed by atoms with Gasteiger partial charge in [0.15, 0.2) is 0 Å². The number of nitrogens with one attached hydrogen (secondary N) is 1. The Labute approximate surface area is 170 Å². The average molecular weight is 381 g/mol. The number of benzene rings is 3. The Hall–Kier alpha value is -3.66. The number of hydrogen-bond acceptors (Lipinski definition) is 2. The Kier molecular flexibility index (Phi) is 5.00. The fraction of sp³-hybridized carbons (Fsp3) is 0.120. The number of nitrogens with zero attached hydrogens (tertiary/aromatic N) is 2. The highest BCUT2D eigenvalue weighted by molar-refractivity contribution is 6.04. The van der Waals surface area contributed by atoms with Gasteiger partial charge in [-0.1, -0.05) is 65.7 Å². The molecule has 0 fully saturated rings. The number of hydrogen-bond donors (Lipinski definition) is 1. The summed E-state index contributed by atoms with van der Waals surface area (Å²) >= 11 is 0. The molecule has 0 aliphatic rings. The summed E-state index contributed by atoms with van der Waals surface area (Å²) in [7, 11) is 0. The van der Waals surface area contributed by atoms with Crippen LogP contribution < -0.4 is 5.32 Å². The van der Waals surface area contributed by atoms with E-state index in [1.165, 1.54) is 5.56 Å². The first kappa shape index (κ1) is 18.7. The Morgan fingerprint density at radius 1 is 0.828 bits per heavy atom. The van der Waals surface area contributed by atoms with Crippen LogP contribution in [0.5, 0.6) is 0 Å². The highest BCUT2D eigenvalue weighted by atomic mass is 16.2. The minimum atomic E-state index is -0.191. The zero-order valence-corrected chi connectivity index (χ0v) is 16.8. The van der Waals surface area contributed by atoms with Crippen LogP contribution in [0.1, 0.15) is 27.2 Å². The minimum Gasteiger partial charge on any atom is -0.321 e. The summed E-state index contributed by atoms with van der Waals surface area (Å²) in [6, 6.07) is 25.7. The summed E-state index contributed by atoms with van der Waals surface area (Å²) < 4.78 is 1.74. The second-order valence-electron chi connectivity index (χ2n) is 7.30. The highest BCUT2D eigenvalue weighted by Gasteiger charge is 2.19. The highest BCUT2D eigenvalue weighted by Crippen LogP contribution is 2.24. The molecule has 0 radical (unpaired) electrons. The van der Waals surface area contributed by atoms with Crippen molar-refractivity contribution in [3.05, 3.63) is 101 Å². The second kappa shape index (κ2) is 7.76. The molecule has 0 spiro atoms. The molecule has 1 aromatic heterocycles. The molecular formula is C25H23N3O. The minimum absolute atomic E-state index is 0.191. The molecule has 0 unspecified atom stereocenters. The molecule has 0 atom stereocenters. The predicted molar refractivity (Wildman–Crippen MR) is 118 cm³/mol. The van der Waals surface area contributed by atoms with Crippen LogP contribution in [-0.2, 0) is 0 Å². The molecular weight excluding hydrogens is 358 g/mol. The number of aromatic nitrogens is 2. The van der Waals surface area contributed by atoms with Gasteiger partial charge in [0.1, 0.15) is 5.69 Å². The van der Waals surface area contributed by atoms with Gasteiger partial charge in [-0.15, -0.1) is 0 Å². The van der Waals surface area contributed by atoms with E-state index >= 15 is 0 Å². The maximum absolute atomic E-state index is 13.1. The molecule has 1 heterocycles. The molecule has 1 amide bonds. The number of anilines is 1. The molecule has 0 saturated heterocycles. The normalized spacial score (nSPS) is 10.7. The maximum Gasteiger partial charge on any atom is 0.274 e. The average Bonchev–Trinajstić information content (AvgIpc) is 3.16. The zero-order valence-electron chi connectivity index (χ0n) is 16.8. The van der Waals surface area contributed by atoms with E-state index in [1.807, 2.05) is 86.6 Å². The van der Waals surface area contributed by atoms with E-state index in [0.717, 1.165) is 33.8 Å². The van der Waals surface area contributed by atoms with Gasteiger partial charge in [-0.05, 0) is 50.6 Å². The van der Waals surface area contributed by atoms with Gasteiger partial charge in [-0.25, -0.2) is 4.68 Å². The number of amides is 1. The molecule has 4 rings (SSSR count). The molecule has 3 aromatic carbocycles. The van der Waals surface area contributed by atoms with E-state index in [1.54, 1.807) is 4.68 Å². The van der Waals surface area contributed by atoms with Crippen molar-refractivity contribution in [3.8, 4) is 16.9 Å². The lowest BCUT2D eigenvalue weighted by Gasteiger charge is -2.11. The van der Waals surface area contributed by atoms with E-state index in [2.05, 4.69) is 18.3 Å². The van der Waals surface area contributed by atoms with Crippen LogP contribution in [0, 0.1) is 20.8 Å². The van der Waals surface area contributed by atoms with Crippen molar-refractivity contribution in [2.45, 2.75) is 20.8 Å². The number of carbonyl (C=O) groups is 1. The summed E-state index contributed by atoms with van der Waals surface area (Å²) in [6.45, 7) is 6.11. The molecule has 1 N–H and O–H groups in total. The van der Waals surface area contributed by atoms with Crippen LogP contribution in [0.15, 0.2) is 78.9 Å². The zero-order chi connectivity index (χ0) is 20.4. The van der Waals surface area contributed by atoms with Gasteiger partial charge in [0.05, 0.1) is 11.4 Å². The van der Waals surface area contributed by atoms with Crippen molar-refractivity contribution in [2.75, 3.05) is 5.32 Å². The summed E-state index contributed by atoms with van der Waals surface area (Å²) in [6.07, 6.45) is 0. The monoisotopic (exact) mass is 381 g/mol. The van der Waals surface area contributed by atoms with E-state index in [0.29, 0.717) is 5.69 Å². The third-order valence-electron chi connectivity index (χ3n) is 4.90. The predicted octanol–water partition coefficient (Wildman–Crippen LogP) is 5.72. The van der Waals surface area contributed by atoms with Gasteiger partial charge in [-0.3, -0.25) is 4.79 Å². The molecule has 144 valence electrons. The standard InChI is InChI=1S/C25H23N3O/c1-17-9-12-21(13-10-17)26-25(29)24-16-22(20-7-5-4-6-8-20)27-28(24)23-14-11-18(2)15-19(23)3/h4-16H,1-3H3,(H,26,29). The van der Waals surface area contributed by atoms with E-state index in [9.17, 15) is 4.79 Å². The Balaban J connectivity index is 1.79. The first-order valence-corrected chi connectivity index (χ1v) is 9.62. The smallest absolute Gasteiger partial charge is 0.274 e. The Morgan fingerprint density at radius 2 is 1.52 bits per heavy atom. The fourth-order valence-electron chi connectivity index (χ4n) is 3.35. The van der Waals surface area contributed by atoms with Crippen molar-refractivity contribution >= 4 is 11.6 Å². The van der Waals surface area contributed by atoms with Crippen LogP contribution in [0.3, 0.4) is 0 Å². The molecule has 0 aliphatic carbocycles. The van der Waals surface area contributed by atoms with Gasteiger partial charge in [0, 0.05) is 11.3 Å². The Bertz CT molecular complexity index is 1160. The third-order valence-corrected chi connectivity index (χ3v) is 4.90. The lowest BCUT2D eigenvalue weighted by molar-refractivity contribution is 0.101. The topological polar surface area (TPSA) is 46.9 Å². The molecule has 4 nitrogen and oxygen atoms in total. The summed E-state index contributed by atoms with van der Waals surface area (Å²) in [5.74, 6) is -0.191. The van der Waals surface area contributed by atoms with Crippen LogP contribution in [0.2, 0.25) is 0 Å². The summed E-state index contributed by atoms with van der Waals surface area (Å²) in [4.78, 5) is 13.1. The van der Waals surface area contributed by atoms with Crippen LogP contribution in [0.4, 0.5) is 5.69 Å². The van der Waals surface area contributed by atoms with Crippen molar-refractivity contribution < 1.29 is 4.79 Å². The first-order chi connectivity index (χ1) is 14.0. The van der Waals surface area contributed by atoms with E-state index < -0.39 is 0 Å². The summed E-state index contributed by atoms with van der Waals surface area (Å²) in [5.41, 5.74) is 7.28. The quantitative estimate of drug-likeness (QED) is 0.492. The molecule has 0 saturated carbocycles. The van der Waals surface area contributed by atoms with Gasteiger partial charge in [0.25, 0.3) is 5.91 Å². The number of aryl methyl sites for hydroxylation is 3. The van der Waals surface area contributed by atoms with Crippen molar-refractivity contribution in [2.24, 2.45) is 0 Å². The lowest BCUT2D eigenvalue weighted by Crippen LogP contribution is -2.17. The SMILES string of the molecule is Cc1ccc(NC(=O)c2cc(-c3ccccc3)nn2-c2ccc(C)cc2C)cc1. The van der Waals surface area contributed by atoms with Gasteiger partial charge in [-0.2, -0.15) is 5.10 Å². The van der Waals surface area contributed by atoms with Gasteiger partial charge >= 0.3 is 0 Å². The number of carbonyl (C=O) groups excluding carboxylic acids is 1. The van der Waals surface area contributed by atoms with Crippen molar-refractivity contribution in [1.82, 2.24) is 9.78 Å².